The molecule has 0 unspecified atom stereocenters. The number of carbonyl (C=O) groups is 2. The summed E-state index contributed by atoms with van der Waals surface area (Å²) in [6.45, 7) is 7.02. The summed E-state index contributed by atoms with van der Waals surface area (Å²) < 4.78 is 14.1. The molecule has 1 aliphatic heterocycles. The van der Waals surface area contributed by atoms with Crippen LogP contribution < -0.4 is 5.32 Å². The molecular formula is C25H29FN2O2. The Morgan fingerprint density at radius 3 is 2.60 bits per heavy atom. The van der Waals surface area contributed by atoms with Gasteiger partial charge in [-0.3, -0.25) is 9.59 Å². The molecule has 158 valence electrons. The molecule has 0 radical (unpaired) electrons. The summed E-state index contributed by atoms with van der Waals surface area (Å²) in [5.74, 6) is -0.230. The second-order valence-corrected chi connectivity index (χ2v) is 7.90. The van der Waals surface area contributed by atoms with E-state index < -0.39 is 5.41 Å². The smallest absolute Gasteiger partial charge is 0.228 e. The van der Waals surface area contributed by atoms with Crippen molar-refractivity contribution in [2.45, 2.75) is 32.6 Å². The number of halogens is 1. The van der Waals surface area contributed by atoms with Crippen LogP contribution in [0.3, 0.4) is 0 Å². The van der Waals surface area contributed by atoms with Crippen molar-refractivity contribution < 1.29 is 14.0 Å². The molecule has 2 amide bonds. The number of rotatable bonds is 7. The number of nitrogens with zero attached hydrogens (tertiary/aromatic N) is 1. The lowest BCUT2D eigenvalue weighted by atomic mass is 9.74. The molecule has 1 heterocycles. The highest BCUT2D eigenvalue weighted by molar-refractivity contribution is 5.85. The Balaban J connectivity index is 1.85. The summed E-state index contributed by atoms with van der Waals surface area (Å²) in [6, 6.07) is 14.4. The van der Waals surface area contributed by atoms with Gasteiger partial charge in [-0.15, -0.1) is 6.58 Å². The first kappa shape index (κ1) is 21.8. The fourth-order valence-electron chi connectivity index (χ4n) is 4.22. The van der Waals surface area contributed by atoms with Crippen molar-refractivity contribution in [3.05, 3.63) is 72.6 Å². The topological polar surface area (TPSA) is 49.4 Å². The first-order chi connectivity index (χ1) is 14.5. The zero-order valence-electron chi connectivity index (χ0n) is 17.5. The molecule has 4 nitrogen and oxygen atoms in total. The summed E-state index contributed by atoms with van der Waals surface area (Å²) in [4.78, 5) is 27.3. The van der Waals surface area contributed by atoms with Crippen LogP contribution in [0.15, 0.2) is 61.2 Å². The molecule has 2 aromatic rings. The minimum atomic E-state index is -0.675. The van der Waals surface area contributed by atoms with Gasteiger partial charge in [-0.1, -0.05) is 55.5 Å². The fourth-order valence-corrected chi connectivity index (χ4v) is 4.22. The molecule has 0 aliphatic carbocycles. The molecule has 0 bridgehead atoms. The molecule has 30 heavy (non-hydrogen) atoms. The SMILES string of the molecule is C=CCNC(=O)[C@@]1(Cc2ccc(-c3ccccc3F)cc2)CCCN(C(=O)CC)C1. The van der Waals surface area contributed by atoms with E-state index in [1.54, 1.807) is 18.2 Å². The van der Waals surface area contributed by atoms with Gasteiger partial charge in [0, 0.05) is 31.6 Å². The van der Waals surface area contributed by atoms with Crippen molar-refractivity contribution in [3.63, 3.8) is 0 Å². The Hall–Kier alpha value is -2.95. The highest BCUT2D eigenvalue weighted by Gasteiger charge is 2.43. The Morgan fingerprint density at radius 2 is 1.93 bits per heavy atom. The molecule has 1 fully saturated rings. The lowest BCUT2D eigenvalue weighted by molar-refractivity contribution is -0.141. The molecule has 0 aromatic heterocycles. The molecule has 1 N–H and O–H groups in total. The zero-order valence-corrected chi connectivity index (χ0v) is 17.5. The van der Waals surface area contributed by atoms with Crippen molar-refractivity contribution in [3.8, 4) is 11.1 Å². The third-order valence-corrected chi connectivity index (χ3v) is 5.80. The monoisotopic (exact) mass is 408 g/mol. The maximum absolute atomic E-state index is 14.1. The Kier molecular flexibility index (Phi) is 7.03. The van der Waals surface area contributed by atoms with Crippen LogP contribution in [0.5, 0.6) is 0 Å². The van der Waals surface area contributed by atoms with Crippen LogP contribution in [0.4, 0.5) is 4.39 Å². The van der Waals surface area contributed by atoms with Crippen molar-refractivity contribution in [2.75, 3.05) is 19.6 Å². The van der Waals surface area contributed by atoms with Crippen LogP contribution >= 0.6 is 0 Å². The molecular weight excluding hydrogens is 379 g/mol. The number of benzene rings is 2. The van der Waals surface area contributed by atoms with E-state index in [2.05, 4.69) is 11.9 Å². The Labute approximate surface area is 177 Å². The van der Waals surface area contributed by atoms with E-state index in [1.807, 2.05) is 42.2 Å². The minimum Gasteiger partial charge on any atom is -0.352 e. The minimum absolute atomic E-state index is 0.0471. The highest BCUT2D eigenvalue weighted by Crippen LogP contribution is 2.35. The summed E-state index contributed by atoms with van der Waals surface area (Å²) in [5, 5.41) is 2.94. The molecule has 5 heteroatoms. The third-order valence-electron chi connectivity index (χ3n) is 5.80. The molecule has 3 rings (SSSR count). The largest absolute Gasteiger partial charge is 0.352 e. The van der Waals surface area contributed by atoms with Gasteiger partial charge in [0.25, 0.3) is 0 Å². The maximum atomic E-state index is 14.1. The first-order valence-electron chi connectivity index (χ1n) is 10.5. The fraction of sp³-hybridized carbons (Fsp3) is 0.360. The molecule has 0 saturated carbocycles. The van der Waals surface area contributed by atoms with E-state index in [0.29, 0.717) is 38.0 Å². The van der Waals surface area contributed by atoms with E-state index in [1.165, 1.54) is 6.07 Å². The number of hydrogen-bond donors (Lipinski definition) is 1. The van der Waals surface area contributed by atoms with Gasteiger partial charge in [0.15, 0.2) is 0 Å². The predicted octanol–water partition coefficient (Wildman–Crippen LogP) is 4.36. The van der Waals surface area contributed by atoms with E-state index in [-0.39, 0.29) is 17.6 Å². The third kappa shape index (κ3) is 4.78. The van der Waals surface area contributed by atoms with Gasteiger partial charge < -0.3 is 10.2 Å². The van der Waals surface area contributed by atoms with Gasteiger partial charge in [-0.25, -0.2) is 4.39 Å². The summed E-state index contributed by atoms with van der Waals surface area (Å²) in [6.07, 6.45) is 4.13. The molecule has 2 aromatic carbocycles. The van der Waals surface area contributed by atoms with Crippen LogP contribution in [0, 0.1) is 11.2 Å². The zero-order chi connectivity index (χ0) is 21.6. The lowest BCUT2D eigenvalue weighted by Gasteiger charge is -2.42. The number of carbonyl (C=O) groups excluding carboxylic acids is 2. The Morgan fingerprint density at radius 1 is 1.20 bits per heavy atom. The van der Waals surface area contributed by atoms with Crippen molar-refractivity contribution in [2.24, 2.45) is 5.41 Å². The van der Waals surface area contributed by atoms with Crippen molar-refractivity contribution in [1.29, 1.82) is 0 Å². The number of likely N-dealkylation sites (tertiary alicyclic amines) is 1. The van der Waals surface area contributed by atoms with E-state index in [0.717, 1.165) is 24.0 Å². The number of hydrogen-bond acceptors (Lipinski definition) is 2. The standard InChI is InChI=1S/C25H29FN2O2/c1-3-15-27-24(30)25(14-7-16-28(18-25)23(29)4-2)17-19-10-12-20(13-11-19)21-8-5-6-9-22(21)26/h3,5-6,8-13H,1,4,7,14-18H2,2H3,(H,27,30)/t25-/m1/s1. The molecule has 0 spiro atoms. The average Bonchev–Trinajstić information content (AvgIpc) is 2.78. The quantitative estimate of drug-likeness (QED) is 0.692. The van der Waals surface area contributed by atoms with E-state index in [9.17, 15) is 14.0 Å². The number of amides is 2. The van der Waals surface area contributed by atoms with Crippen LogP contribution in [0.2, 0.25) is 0 Å². The second kappa shape index (κ2) is 9.70. The number of piperidine rings is 1. The highest BCUT2D eigenvalue weighted by atomic mass is 19.1. The van der Waals surface area contributed by atoms with Gasteiger partial charge in [-0.2, -0.15) is 0 Å². The van der Waals surface area contributed by atoms with E-state index in [4.69, 9.17) is 0 Å². The normalized spacial score (nSPS) is 18.7. The van der Waals surface area contributed by atoms with Crippen molar-refractivity contribution >= 4 is 11.8 Å². The predicted molar refractivity (Wildman–Crippen MR) is 117 cm³/mol. The lowest BCUT2D eigenvalue weighted by Crippen LogP contribution is -2.54. The summed E-state index contributed by atoms with van der Waals surface area (Å²) in [5.41, 5.74) is 1.67. The second-order valence-electron chi connectivity index (χ2n) is 7.90. The van der Waals surface area contributed by atoms with Gasteiger partial charge in [0.05, 0.1) is 5.41 Å². The van der Waals surface area contributed by atoms with Crippen LogP contribution in [-0.4, -0.2) is 36.3 Å². The summed E-state index contributed by atoms with van der Waals surface area (Å²) >= 11 is 0. The first-order valence-corrected chi connectivity index (χ1v) is 10.5. The van der Waals surface area contributed by atoms with Gasteiger partial charge in [0.2, 0.25) is 11.8 Å². The van der Waals surface area contributed by atoms with Crippen LogP contribution in [0.25, 0.3) is 11.1 Å². The average molecular weight is 409 g/mol. The Bertz CT molecular complexity index is 910. The van der Waals surface area contributed by atoms with E-state index >= 15 is 0 Å². The number of nitrogens with one attached hydrogen (secondary N) is 1. The van der Waals surface area contributed by atoms with Crippen LogP contribution in [-0.2, 0) is 16.0 Å². The molecule has 1 aliphatic rings. The molecule has 1 atom stereocenters. The van der Waals surface area contributed by atoms with Crippen molar-refractivity contribution in [1.82, 2.24) is 10.2 Å². The summed E-state index contributed by atoms with van der Waals surface area (Å²) in [7, 11) is 0. The molecule has 1 saturated heterocycles. The maximum Gasteiger partial charge on any atom is 0.228 e. The van der Waals surface area contributed by atoms with Crippen LogP contribution in [0.1, 0.15) is 31.7 Å². The van der Waals surface area contributed by atoms with Gasteiger partial charge in [-0.05, 0) is 36.5 Å². The van der Waals surface area contributed by atoms with Gasteiger partial charge >= 0.3 is 0 Å². The van der Waals surface area contributed by atoms with Gasteiger partial charge in [0.1, 0.15) is 5.82 Å².